The summed E-state index contributed by atoms with van der Waals surface area (Å²) in [7, 11) is -4.53. The van der Waals surface area contributed by atoms with Crippen molar-refractivity contribution in [2.24, 2.45) is 0 Å². The van der Waals surface area contributed by atoms with E-state index in [4.69, 9.17) is 0 Å². The molecule has 0 spiro atoms. The van der Waals surface area contributed by atoms with Crippen LogP contribution in [0.3, 0.4) is 0 Å². The average Bonchev–Trinajstić information content (AvgIpc) is 3.42. The normalized spacial score (nSPS) is 23.0. The Labute approximate surface area is 216 Å². The Morgan fingerprint density at radius 2 is 1.55 bits per heavy atom. The molecular formula is C25H26F5N5O2S. The van der Waals surface area contributed by atoms with Crippen LogP contribution in [0, 0.1) is 11.6 Å². The first kappa shape index (κ1) is 26.5. The van der Waals surface area contributed by atoms with Crippen molar-refractivity contribution in [2.75, 3.05) is 18.0 Å². The summed E-state index contributed by atoms with van der Waals surface area (Å²) in [6, 6.07) is 7.50. The van der Waals surface area contributed by atoms with Crippen molar-refractivity contribution in [2.45, 2.75) is 55.7 Å². The lowest BCUT2D eigenvalue weighted by Gasteiger charge is -2.40. The molecular weight excluding hydrogens is 529 g/mol. The van der Waals surface area contributed by atoms with E-state index < -0.39 is 57.7 Å². The minimum atomic E-state index is -4.86. The maximum Gasteiger partial charge on any atom is 0.405 e. The van der Waals surface area contributed by atoms with E-state index >= 15 is 8.78 Å². The minimum Gasteiger partial charge on any atom is -0.369 e. The molecule has 2 fully saturated rings. The highest BCUT2D eigenvalue weighted by molar-refractivity contribution is 7.89. The van der Waals surface area contributed by atoms with E-state index in [1.165, 1.54) is 12.1 Å². The molecule has 0 saturated carbocycles. The van der Waals surface area contributed by atoms with Gasteiger partial charge in [-0.1, -0.05) is 30.3 Å². The molecule has 204 valence electrons. The number of aromatic nitrogens is 3. The van der Waals surface area contributed by atoms with Crippen molar-refractivity contribution in [3.05, 3.63) is 77.9 Å². The van der Waals surface area contributed by atoms with Crippen molar-refractivity contribution in [3.8, 4) is 0 Å². The molecule has 2 aliphatic heterocycles. The van der Waals surface area contributed by atoms with Crippen molar-refractivity contribution in [3.63, 3.8) is 0 Å². The Hall–Kier alpha value is -3.06. The molecule has 13 heteroatoms. The lowest BCUT2D eigenvalue weighted by molar-refractivity contribution is -0.176. The van der Waals surface area contributed by atoms with Gasteiger partial charge >= 0.3 is 6.18 Å². The highest BCUT2D eigenvalue weighted by Crippen LogP contribution is 2.43. The maximum absolute atomic E-state index is 15.2. The van der Waals surface area contributed by atoms with Gasteiger partial charge in [0.15, 0.2) is 0 Å². The molecule has 2 atom stereocenters. The van der Waals surface area contributed by atoms with Gasteiger partial charge < -0.3 is 9.47 Å². The third-order valence-corrected chi connectivity index (χ3v) is 9.66. The van der Waals surface area contributed by atoms with E-state index in [9.17, 15) is 21.6 Å². The lowest BCUT2D eigenvalue weighted by atomic mass is 10.0. The second-order valence-electron chi connectivity index (χ2n) is 9.65. The van der Waals surface area contributed by atoms with Crippen molar-refractivity contribution in [1.82, 2.24) is 19.1 Å². The van der Waals surface area contributed by atoms with Gasteiger partial charge in [-0.05, 0) is 37.3 Å². The molecule has 2 saturated heterocycles. The molecule has 0 radical (unpaired) electrons. The van der Waals surface area contributed by atoms with Gasteiger partial charge in [-0.25, -0.2) is 17.2 Å². The second-order valence-corrected chi connectivity index (χ2v) is 11.7. The third-order valence-electron chi connectivity index (χ3n) is 7.39. The summed E-state index contributed by atoms with van der Waals surface area (Å²) in [5.41, 5.74) is -0.100. The Bertz CT molecular complexity index is 1360. The number of anilines is 1. The van der Waals surface area contributed by atoms with E-state index in [0.29, 0.717) is 31.5 Å². The highest BCUT2D eigenvalue weighted by atomic mass is 32.2. The molecule has 2 aromatic carbocycles. The lowest BCUT2D eigenvalue weighted by Crippen LogP contribution is -2.52. The standard InChI is InChI=1S/C25H26F5N5O2S/c26-20-13-22(33-10-8-19(9-11-33)34-15-31-32-16-34)21(27)12-18(20)14-35-24(25(28,29)30)7-6-23(38(35,36)37)17-4-2-1-3-5-17/h1-5,12-13,15-16,19,23-24H,6-11,14H2. The molecule has 7 nitrogen and oxygen atoms in total. The van der Waals surface area contributed by atoms with Gasteiger partial charge in [-0.2, -0.15) is 17.5 Å². The van der Waals surface area contributed by atoms with Crippen LogP contribution in [0.25, 0.3) is 0 Å². The van der Waals surface area contributed by atoms with Gasteiger partial charge in [0.2, 0.25) is 10.0 Å². The Morgan fingerprint density at radius 3 is 2.18 bits per heavy atom. The van der Waals surface area contributed by atoms with Crippen LogP contribution >= 0.6 is 0 Å². The van der Waals surface area contributed by atoms with E-state index in [0.717, 1.165) is 12.1 Å². The number of benzene rings is 2. The van der Waals surface area contributed by atoms with Crippen LogP contribution in [-0.4, -0.2) is 52.8 Å². The van der Waals surface area contributed by atoms with Crippen LogP contribution in [0.1, 0.15) is 48.1 Å². The predicted octanol–water partition coefficient (Wildman–Crippen LogP) is 5.00. The summed E-state index contributed by atoms with van der Waals surface area (Å²) >= 11 is 0. The molecule has 0 N–H and O–H groups in total. The quantitative estimate of drug-likeness (QED) is 0.415. The number of hydrogen-bond donors (Lipinski definition) is 0. The number of rotatable bonds is 5. The average molecular weight is 556 g/mol. The van der Waals surface area contributed by atoms with E-state index in [1.54, 1.807) is 35.8 Å². The van der Waals surface area contributed by atoms with Gasteiger partial charge in [0, 0.05) is 37.3 Å². The van der Waals surface area contributed by atoms with Crippen LogP contribution in [0.15, 0.2) is 55.1 Å². The molecule has 0 amide bonds. The van der Waals surface area contributed by atoms with Gasteiger partial charge in [0.1, 0.15) is 35.6 Å². The zero-order chi connectivity index (χ0) is 27.1. The first-order valence-electron chi connectivity index (χ1n) is 12.2. The molecule has 1 aromatic heterocycles. The fraction of sp³-hybridized carbons (Fsp3) is 0.440. The molecule has 0 bridgehead atoms. The Balaban J connectivity index is 1.40. The van der Waals surface area contributed by atoms with E-state index in [-0.39, 0.29) is 22.5 Å². The summed E-state index contributed by atoms with van der Waals surface area (Å²) in [5, 5.41) is 6.36. The highest BCUT2D eigenvalue weighted by Gasteiger charge is 2.53. The Morgan fingerprint density at radius 1 is 0.895 bits per heavy atom. The Kier molecular flexibility index (Phi) is 7.16. The number of piperidine rings is 1. The molecule has 2 unspecified atom stereocenters. The first-order valence-corrected chi connectivity index (χ1v) is 13.8. The molecule has 0 aliphatic carbocycles. The summed E-state index contributed by atoms with van der Waals surface area (Å²) in [5.74, 6) is -1.78. The van der Waals surface area contributed by atoms with Crippen molar-refractivity contribution >= 4 is 15.7 Å². The number of hydrogen-bond acceptors (Lipinski definition) is 5. The minimum absolute atomic E-state index is 0.00973. The molecule has 3 aromatic rings. The van der Waals surface area contributed by atoms with Crippen LogP contribution in [0.4, 0.5) is 27.6 Å². The van der Waals surface area contributed by atoms with Gasteiger partial charge in [-0.3, -0.25) is 0 Å². The predicted molar refractivity (Wildman–Crippen MR) is 130 cm³/mol. The fourth-order valence-corrected chi connectivity index (χ4v) is 7.55. The topological polar surface area (TPSA) is 71.3 Å². The summed E-state index contributed by atoms with van der Waals surface area (Å²) < 4.78 is 101. The van der Waals surface area contributed by atoms with Crippen molar-refractivity contribution in [1.29, 1.82) is 0 Å². The summed E-state index contributed by atoms with van der Waals surface area (Å²) in [4.78, 5) is 1.67. The monoisotopic (exact) mass is 555 g/mol. The van der Waals surface area contributed by atoms with Crippen LogP contribution in [0.5, 0.6) is 0 Å². The fourth-order valence-electron chi connectivity index (χ4n) is 5.39. The van der Waals surface area contributed by atoms with E-state index in [1.807, 2.05) is 4.57 Å². The van der Waals surface area contributed by atoms with Crippen LogP contribution in [-0.2, 0) is 16.6 Å². The zero-order valence-corrected chi connectivity index (χ0v) is 21.0. The largest absolute Gasteiger partial charge is 0.405 e. The second kappa shape index (κ2) is 10.3. The number of halogens is 5. The van der Waals surface area contributed by atoms with Crippen molar-refractivity contribution < 1.29 is 30.4 Å². The summed E-state index contributed by atoms with van der Waals surface area (Å²) in [6.07, 6.45) is -1.10. The number of sulfonamides is 1. The zero-order valence-electron chi connectivity index (χ0n) is 20.2. The number of nitrogens with zero attached hydrogens (tertiary/aromatic N) is 5. The molecule has 38 heavy (non-hydrogen) atoms. The van der Waals surface area contributed by atoms with Gasteiger partial charge in [0.25, 0.3) is 0 Å². The third kappa shape index (κ3) is 5.13. The molecule has 3 heterocycles. The van der Waals surface area contributed by atoms with Crippen LogP contribution < -0.4 is 4.90 Å². The molecule has 5 rings (SSSR count). The van der Waals surface area contributed by atoms with Crippen LogP contribution in [0.2, 0.25) is 0 Å². The van der Waals surface area contributed by atoms with Gasteiger partial charge in [-0.15, -0.1) is 10.2 Å². The maximum atomic E-state index is 15.2. The first-order chi connectivity index (χ1) is 18.1. The number of alkyl halides is 3. The van der Waals surface area contributed by atoms with E-state index in [2.05, 4.69) is 10.2 Å². The summed E-state index contributed by atoms with van der Waals surface area (Å²) in [6.45, 7) is -0.0729. The SMILES string of the molecule is O=S1(=O)C(c2ccccc2)CCC(C(F)(F)F)N1Cc1cc(F)c(N2CCC(n3cnnc3)CC2)cc1F. The smallest absolute Gasteiger partial charge is 0.369 e. The molecule has 2 aliphatic rings. The van der Waals surface area contributed by atoms with Gasteiger partial charge in [0.05, 0.1) is 5.69 Å².